The molecule has 1 aromatic carbocycles. The number of methoxy groups -OCH3 is 1. The zero-order valence-corrected chi connectivity index (χ0v) is 9.84. The van der Waals surface area contributed by atoms with Gasteiger partial charge < -0.3 is 9.84 Å². The Balaban J connectivity index is 3.16. The van der Waals surface area contributed by atoms with Crippen molar-refractivity contribution < 1.29 is 9.84 Å². The average Bonchev–Trinajstić information content (AvgIpc) is 2.16. The van der Waals surface area contributed by atoms with E-state index in [0.717, 1.165) is 10.0 Å². The maximum Gasteiger partial charge on any atom is 0.125 e. The first-order valence-electron chi connectivity index (χ1n) is 4.23. The van der Waals surface area contributed by atoms with Crippen molar-refractivity contribution in [3.8, 4) is 5.75 Å². The van der Waals surface area contributed by atoms with E-state index in [0.29, 0.717) is 11.3 Å². The van der Waals surface area contributed by atoms with Gasteiger partial charge in [0.2, 0.25) is 0 Å². The van der Waals surface area contributed by atoms with Crippen molar-refractivity contribution in [2.45, 2.75) is 13.0 Å². The van der Waals surface area contributed by atoms with E-state index in [-0.39, 0.29) is 0 Å². The van der Waals surface area contributed by atoms with Crippen LogP contribution in [0.3, 0.4) is 0 Å². The van der Waals surface area contributed by atoms with Gasteiger partial charge in [0.1, 0.15) is 11.9 Å². The van der Waals surface area contributed by atoms with Gasteiger partial charge >= 0.3 is 0 Å². The lowest BCUT2D eigenvalue weighted by Gasteiger charge is -2.14. The van der Waals surface area contributed by atoms with E-state index in [1.165, 1.54) is 0 Å². The van der Waals surface area contributed by atoms with Gasteiger partial charge in [0, 0.05) is 10.0 Å². The van der Waals surface area contributed by atoms with Gasteiger partial charge in [0.05, 0.1) is 7.11 Å². The third-order valence-corrected chi connectivity index (χ3v) is 2.45. The molecule has 0 radical (unpaired) electrons. The molecule has 0 aliphatic rings. The lowest BCUT2D eigenvalue weighted by atomic mass is 10.0. The van der Waals surface area contributed by atoms with Gasteiger partial charge in [0.15, 0.2) is 0 Å². The van der Waals surface area contributed by atoms with Gasteiger partial charge in [-0.3, -0.25) is 0 Å². The monoisotopic (exact) mass is 256 g/mol. The summed E-state index contributed by atoms with van der Waals surface area (Å²) in [5, 5.41) is 9.83. The number of benzene rings is 1. The Kier molecular flexibility index (Phi) is 3.72. The lowest BCUT2D eigenvalue weighted by molar-refractivity contribution is 0.211. The highest BCUT2D eigenvalue weighted by Crippen LogP contribution is 2.31. The summed E-state index contributed by atoms with van der Waals surface area (Å²) in [6.07, 6.45) is -0.678. The summed E-state index contributed by atoms with van der Waals surface area (Å²) in [6, 6.07) is 5.51. The minimum atomic E-state index is -0.678. The fraction of sp³-hybridized carbons (Fsp3) is 0.273. The molecule has 0 spiro atoms. The molecule has 76 valence electrons. The number of hydrogen-bond donors (Lipinski definition) is 1. The smallest absolute Gasteiger partial charge is 0.125 e. The van der Waals surface area contributed by atoms with Crippen LogP contribution < -0.4 is 4.74 Å². The van der Waals surface area contributed by atoms with Crippen molar-refractivity contribution in [1.29, 1.82) is 0 Å². The Hall–Kier alpha value is -0.800. The molecule has 1 rings (SSSR count). The van der Waals surface area contributed by atoms with E-state index in [4.69, 9.17) is 4.74 Å². The average molecular weight is 257 g/mol. The molecule has 0 aliphatic heterocycles. The van der Waals surface area contributed by atoms with Crippen molar-refractivity contribution in [3.05, 3.63) is 40.4 Å². The van der Waals surface area contributed by atoms with Crippen LogP contribution in [0.25, 0.3) is 0 Å². The predicted molar refractivity (Wildman–Crippen MR) is 60.5 cm³/mol. The summed E-state index contributed by atoms with van der Waals surface area (Å²) >= 11 is 3.35. The van der Waals surface area contributed by atoms with Crippen LogP contribution in [0.15, 0.2) is 34.8 Å². The number of rotatable bonds is 3. The number of hydrogen-bond acceptors (Lipinski definition) is 2. The third kappa shape index (κ3) is 2.36. The maximum atomic E-state index is 9.83. The fourth-order valence-electron chi connectivity index (χ4n) is 1.18. The SMILES string of the molecule is C=C(C)C(O)c1cc(Br)ccc1OC. The third-order valence-electron chi connectivity index (χ3n) is 1.95. The Labute approximate surface area is 92.3 Å². The van der Waals surface area contributed by atoms with E-state index in [1.807, 2.05) is 18.2 Å². The number of aliphatic hydroxyl groups is 1. The van der Waals surface area contributed by atoms with Crippen LogP contribution >= 0.6 is 15.9 Å². The predicted octanol–water partition coefficient (Wildman–Crippen LogP) is 3.07. The first-order chi connectivity index (χ1) is 6.56. The summed E-state index contributed by atoms with van der Waals surface area (Å²) in [5.74, 6) is 0.670. The fourth-order valence-corrected chi connectivity index (χ4v) is 1.56. The molecule has 0 amide bonds. The van der Waals surface area contributed by atoms with Crippen LogP contribution in [0.5, 0.6) is 5.75 Å². The summed E-state index contributed by atoms with van der Waals surface area (Å²) in [7, 11) is 1.58. The lowest BCUT2D eigenvalue weighted by Crippen LogP contribution is -2.01. The minimum Gasteiger partial charge on any atom is -0.496 e. The topological polar surface area (TPSA) is 29.5 Å². The highest BCUT2D eigenvalue weighted by molar-refractivity contribution is 9.10. The van der Waals surface area contributed by atoms with E-state index in [9.17, 15) is 5.11 Å². The molecule has 1 unspecified atom stereocenters. The van der Waals surface area contributed by atoms with Crippen molar-refractivity contribution in [3.63, 3.8) is 0 Å². The van der Waals surface area contributed by atoms with Gasteiger partial charge in [-0.05, 0) is 30.7 Å². The standard InChI is InChI=1S/C11H13BrO2/c1-7(2)11(13)9-6-8(12)4-5-10(9)14-3/h4-6,11,13H,1H2,2-3H3. The second-order valence-electron chi connectivity index (χ2n) is 3.14. The molecule has 0 saturated heterocycles. The van der Waals surface area contributed by atoms with Gasteiger partial charge in [0.25, 0.3) is 0 Å². The Bertz CT molecular complexity index is 347. The molecule has 0 aliphatic carbocycles. The van der Waals surface area contributed by atoms with Gasteiger partial charge in [-0.2, -0.15) is 0 Å². The van der Waals surface area contributed by atoms with Crippen LogP contribution in [0.2, 0.25) is 0 Å². The van der Waals surface area contributed by atoms with Crippen molar-refractivity contribution in [2.75, 3.05) is 7.11 Å². The van der Waals surface area contributed by atoms with Crippen LogP contribution in [-0.4, -0.2) is 12.2 Å². The molecular formula is C11H13BrO2. The molecule has 0 saturated carbocycles. The maximum absolute atomic E-state index is 9.83. The largest absolute Gasteiger partial charge is 0.496 e. The van der Waals surface area contributed by atoms with Crippen molar-refractivity contribution >= 4 is 15.9 Å². The molecular weight excluding hydrogens is 244 g/mol. The molecule has 1 N–H and O–H groups in total. The van der Waals surface area contributed by atoms with Crippen LogP contribution in [-0.2, 0) is 0 Å². The zero-order chi connectivity index (χ0) is 10.7. The van der Waals surface area contributed by atoms with E-state index >= 15 is 0 Å². The molecule has 2 nitrogen and oxygen atoms in total. The van der Waals surface area contributed by atoms with E-state index < -0.39 is 6.10 Å². The Morgan fingerprint density at radius 3 is 2.71 bits per heavy atom. The first-order valence-corrected chi connectivity index (χ1v) is 5.02. The molecule has 1 atom stereocenters. The second-order valence-corrected chi connectivity index (χ2v) is 4.05. The number of ether oxygens (including phenoxy) is 1. The molecule has 0 fully saturated rings. The number of aliphatic hydroxyl groups excluding tert-OH is 1. The van der Waals surface area contributed by atoms with Crippen molar-refractivity contribution in [2.24, 2.45) is 0 Å². The summed E-state index contributed by atoms with van der Waals surface area (Å²) in [6.45, 7) is 5.50. The second kappa shape index (κ2) is 4.62. The van der Waals surface area contributed by atoms with Crippen LogP contribution in [0.1, 0.15) is 18.6 Å². The van der Waals surface area contributed by atoms with E-state index in [2.05, 4.69) is 22.5 Å². The van der Waals surface area contributed by atoms with Gasteiger partial charge in [-0.15, -0.1) is 0 Å². The summed E-state index contributed by atoms with van der Waals surface area (Å²) < 4.78 is 6.06. The highest BCUT2D eigenvalue weighted by atomic mass is 79.9. The molecule has 14 heavy (non-hydrogen) atoms. The van der Waals surface area contributed by atoms with Crippen LogP contribution in [0, 0.1) is 0 Å². The summed E-state index contributed by atoms with van der Waals surface area (Å²) in [5.41, 5.74) is 1.43. The minimum absolute atomic E-state index is 0.670. The van der Waals surface area contributed by atoms with Crippen molar-refractivity contribution in [1.82, 2.24) is 0 Å². The van der Waals surface area contributed by atoms with E-state index in [1.54, 1.807) is 14.0 Å². The van der Waals surface area contributed by atoms with Gasteiger partial charge in [-0.25, -0.2) is 0 Å². The normalized spacial score (nSPS) is 12.3. The molecule has 0 heterocycles. The van der Waals surface area contributed by atoms with Crippen LogP contribution in [0.4, 0.5) is 0 Å². The quantitative estimate of drug-likeness (QED) is 0.843. The van der Waals surface area contributed by atoms with Gasteiger partial charge in [-0.1, -0.05) is 22.5 Å². The molecule has 3 heteroatoms. The summed E-state index contributed by atoms with van der Waals surface area (Å²) in [4.78, 5) is 0. The zero-order valence-electron chi connectivity index (χ0n) is 8.25. The molecule has 0 aromatic heterocycles. The highest BCUT2D eigenvalue weighted by Gasteiger charge is 2.13. The first kappa shape index (κ1) is 11.3. The molecule has 1 aromatic rings. The molecule has 0 bridgehead atoms. The Morgan fingerprint density at radius 1 is 1.57 bits per heavy atom. The Morgan fingerprint density at radius 2 is 2.21 bits per heavy atom. The number of halogens is 1.